The summed E-state index contributed by atoms with van der Waals surface area (Å²) in [5.41, 5.74) is 4.84. The molecule has 0 bridgehead atoms. The van der Waals surface area contributed by atoms with Gasteiger partial charge in [0.05, 0.1) is 0 Å². The Morgan fingerprint density at radius 1 is 1.03 bits per heavy atom. The van der Waals surface area contributed by atoms with Crippen LogP contribution in [0.4, 0.5) is 0 Å². The molecule has 1 atom stereocenters. The molecular formula is C26H37Na2O5P. The van der Waals surface area contributed by atoms with Gasteiger partial charge < -0.3 is 23.6 Å². The normalized spacial score (nSPS) is 18.1. The molecule has 1 aliphatic heterocycles. The number of rotatable bonds is 11. The Kier molecular flexibility index (Phi) is 16.2. The van der Waals surface area contributed by atoms with E-state index in [-0.39, 0.29) is 70.5 Å². The van der Waals surface area contributed by atoms with Crippen molar-refractivity contribution in [1.82, 2.24) is 0 Å². The molecule has 0 saturated heterocycles. The van der Waals surface area contributed by atoms with E-state index in [9.17, 15) is 14.4 Å². The minimum atomic E-state index is -5.05. The molecule has 1 unspecified atom stereocenters. The first-order valence-corrected chi connectivity index (χ1v) is 12.9. The Balaban J connectivity index is 0.00000544. The zero-order valence-corrected chi connectivity index (χ0v) is 27.0. The van der Waals surface area contributed by atoms with Gasteiger partial charge in [-0.15, -0.1) is 0 Å². The van der Waals surface area contributed by atoms with Gasteiger partial charge in [0.15, 0.2) is 0 Å². The Labute approximate surface area is 250 Å². The summed E-state index contributed by atoms with van der Waals surface area (Å²) in [5.74, 6) is 0.774. The molecule has 0 spiro atoms. The second-order valence-electron chi connectivity index (χ2n) is 9.36. The Morgan fingerprint density at radius 3 is 2.21 bits per heavy atom. The average Bonchev–Trinajstić information content (AvgIpc) is 2.66. The van der Waals surface area contributed by atoms with Crippen LogP contribution in [0.25, 0.3) is 0 Å². The summed E-state index contributed by atoms with van der Waals surface area (Å²) in [6.45, 7) is 10.8. The first kappa shape index (κ1) is 34.2. The smallest absolute Gasteiger partial charge is 0.780 e. The molecule has 178 valence electrons. The molecule has 1 aromatic rings. The van der Waals surface area contributed by atoms with Crippen molar-refractivity contribution in [2.45, 2.75) is 91.6 Å². The first-order chi connectivity index (χ1) is 15.0. The minimum Gasteiger partial charge on any atom is -0.780 e. The fourth-order valence-electron chi connectivity index (χ4n) is 3.89. The summed E-state index contributed by atoms with van der Waals surface area (Å²) < 4.78 is 21.5. The third-order valence-electron chi connectivity index (χ3n) is 5.82. The zero-order chi connectivity index (χ0) is 23.8. The number of allylic oxidation sites excluding steroid dienone is 6. The number of phosphoric acid groups is 1. The summed E-state index contributed by atoms with van der Waals surface area (Å²) in [5, 5.41) is 0. The van der Waals surface area contributed by atoms with Crippen LogP contribution in [0.3, 0.4) is 0 Å². The van der Waals surface area contributed by atoms with Gasteiger partial charge in [-0.1, -0.05) is 34.9 Å². The van der Waals surface area contributed by atoms with Crippen molar-refractivity contribution in [3.63, 3.8) is 0 Å². The molecule has 0 radical (unpaired) electrons. The topological polar surface area (TPSA) is 81.7 Å². The van der Waals surface area contributed by atoms with Crippen molar-refractivity contribution in [1.29, 1.82) is 0 Å². The van der Waals surface area contributed by atoms with E-state index < -0.39 is 7.82 Å². The van der Waals surface area contributed by atoms with E-state index in [1.807, 2.05) is 0 Å². The minimum absolute atomic E-state index is 0. The zero-order valence-electron chi connectivity index (χ0n) is 22.1. The summed E-state index contributed by atoms with van der Waals surface area (Å²) in [6, 6.07) is 4.73. The van der Waals surface area contributed by atoms with Crippen LogP contribution >= 0.6 is 7.82 Å². The third-order valence-corrected chi connectivity index (χ3v) is 6.25. The summed E-state index contributed by atoms with van der Waals surface area (Å²) in [6.07, 6.45) is 14.8. The van der Waals surface area contributed by atoms with Crippen LogP contribution in [0, 0.1) is 0 Å². The monoisotopic (exact) mass is 506 g/mol. The van der Waals surface area contributed by atoms with Crippen molar-refractivity contribution in [2.75, 3.05) is 0 Å². The predicted octanol–water partition coefficient (Wildman–Crippen LogP) is 0.185. The molecule has 1 aromatic carbocycles. The number of benzene rings is 1. The SMILES string of the molecule is CC(C)=CCC/C(C)=C/CC/C(C)=C/CCC1(C)CCc2cc(OP(=O)([O-])[O-])ccc2O1.[Na+].[Na+]. The third kappa shape index (κ3) is 13.5. The van der Waals surface area contributed by atoms with E-state index in [1.165, 1.54) is 22.8 Å². The van der Waals surface area contributed by atoms with Crippen LogP contribution in [0.1, 0.15) is 85.1 Å². The molecule has 34 heavy (non-hydrogen) atoms. The second kappa shape index (κ2) is 16.1. The summed E-state index contributed by atoms with van der Waals surface area (Å²) >= 11 is 0. The van der Waals surface area contributed by atoms with E-state index in [2.05, 4.69) is 57.4 Å². The number of ether oxygens (including phenoxy) is 1. The molecule has 1 aliphatic rings. The number of hydrogen-bond acceptors (Lipinski definition) is 5. The van der Waals surface area contributed by atoms with Gasteiger partial charge in [0.1, 0.15) is 24.9 Å². The van der Waals surface area contributed by atoms with E-state index in [4.69, 9.17) is 4.74 Å². The number of hydrogen-bond donors (Lipinski definition) is 0. The molecule has 5 nitrogen and oxygen atoms in total. The standard InChI is InChI=1S/C26H39O5P.2Na/c1-20(2)9-6-10-21(3)11-7-12-22(4)13-8-17-26(5)18-16-23-19-24(31-32(27,28)29)14-15-25(23)30-26;;/h9,11,13-15,19H,6-8,10,12,16-18H2,1-5H3,(H2,27,28,29);;/q;2*+1/p-2/b21-11+,22-13+;;. The molecular weight excluding hydrogens is 469 g/mol. The largest absolute Gasteiger partial charge is 1.00 e. The van der Waals surface area contributed by atoms with Gasteiger partial charge in [-0.05, 0) is 110 Å². The van der Waals surface area contributed by atoms with Gasteiger partial charge in [-0.3, -0.25) is 0 Å². The number of fused-ring (bicyclic) bond motifs is 1. The fraction of sp³-hybridized carbons (Fsp3) is 0.538. The molecule has 0 N–H and O–H groups in total. The Bertz CT molecular complexity index is 916. The maximum atomic E-state index is 10.8. The van der Waals surface area contributed by atoms with Crippen molar-refractivity contribution in [3.8, 4) is 11.5 Å². The number of aryl methyl sites for hydroxylation is 1. The molecule has 2 rings (SSSR count). The van der Waals surface area contributed by atoms with Crippen LogP contribution in [0.15, 0.2) is 53.1 Å². The molecule has 0 fully saturated rings. The van der Waals surface area contributed by atoms with Gasteiger partial charge in [-0.25, -0.2) is 0 Å². The molecule has 0 aromatic heterocycles. The van der Waals surface area contributed by atoms with E-state index in [0.717, 1.165) is 62.7 Å². The maximum absolute atomic E-state index is 10.8. The summed E-state index contributed by atoms with van der Waals surface area (Å²) in [7, 11) is -5.05. The van der Waals surface area contributed by atoms with E-state index >= 15 is 0 Å². The first-order valence-electron chi connectivity index (χ1n) is 11.4. The van der Waals surface area contributed by atoms with Gasteiger partial charge in [0.2, 0.25) is 0 Å². The van der Waals surface area contributed by atoms with Crippen molar-refractivity contribution >= 4 is 7.82 Å². The molecule has 1 heterocycles. The fourth-order valence-corrected chi connectivity index (χ4v) is 4.26. The quantitative estimate of drug-likeness (QED) is 0.243. The Hall–Kier alpha value is 0.190. The molecule has 0 aliphatic carbocycles. The average molecular weight is 507 g/mol. The van der Waals surface area contributed by atoms with Gasteiger partial charge >= 0.3 is 59.1 Å². The van der Waals surface area contributed by atoms with Crippen LogP contribution < -0.4 is 78.2 Å². The van der Waals surface area contributed by atoms with Crippen LogP contribution in [0.5, 0.6) is 11.5 Å². The van der Waals surface area contributed by atoms with Gasteiger partial charge in [0.25, 0.3) is 0 Å². The molecule has 0 saturated carbocycles. The molecule has 0 amide bonds. The predicted molar refractivity (Wildman–Crippen MR) is 127 cm³/mol. The van der Waals surface area contributed by atoms with Gasteiger partial charge in [-0.2, -0.15) is 0 Å². The van der Waals surface area contributed by atoms with Crippen LogP contribution in [-0.2, 0) is 11.0 Å². The Morgan fingerprint density at radius 2 is 1.62 bits per heavy atom. The van der Waals surface area contributed by atoms with E-state index in [1.54, 1.807) is 12.1 Å². The number of phosphoric ester groups is 1. The van der Waals surface area contributed by atoms with Crippen molar-refractivity contribution in [2.24, 2.45) is 0 Å². The molecule has 8 heteroatoms. The van der Waals surface area contributed by atoms with Gasteiger partial charge in [0, 0.05) is 0 Å². The van der Waals surface area contributed by atoms with E-state index in [0.29, 0.717) is 0 Å². The second-order valence-corrected chi connectivity index (χ2v) is 10.4. The maximum Gasteiger partial charge on any atom is 1.00 e. The van der Waals surface area contributed by atoms with Crippen molar-refractivity contribution in [3.05, 3.63) is 58.7 Å². The summed E-state index contributed by atoms with van der Waals surface area (Å²) in [4.78, 5) is 21.6. The van der Waals surface area contributed by atoms with Crippen molar-refractivity contribution < 1.29 is 82.7 Å². The van der Waals surface area contributed by atoms with Crippen LogP contribution in [-0.4, -0.2) is 5.60 Å². The van der Waals surface area contributed by atoms with Crippen LogP contribution in [0.2, 0.25) is 0 Å².